The van der Waals surface area contributed by atoms with Crippen LogP contribution in [0.5, 0.6) is 5.75 Å². The summed E-state index contributed by atoms with van der Waals surface area (Å²) in [6.07, 6.45) is 7.70. The lowest BCUT2D eigenvalue weighted by atomic mass is 10.2. The molecule has 0 unspecified atom stereocenters. The minimum absolute atomic E-state index is 0.229. The Morgan fingerprint density at radius 3 is 2.69 bits per heavy atom. The van der Waals surface area contributed by atoms with Crippen LogP contribution in [-0.4, -0.2) is 29.8 Å². The van der Waals surface area contributed by atoms with Crippen LogP contribution in [0.2, 0.25) is 0 Å². The Hall–Kier alpha value is -3.34. The van der Waals surface area contributed by atoms with Crippen LogP contribution >= 0.6 is 0 Å². The molecule has 4 nitrogen and oxygen atoms in total. The molecular weight excluding hydrogens is 365 g/mol. The Bertz CT molecular complexity index is 1060. The molecule has 5 heteroatoms. The molecule has 0 atom stereocenters. The van der Waals surface area contributed by atoms with Crippen LogP contribution in [0.25, 0.3) is 16.6 Å². The first kappa shape index (κ1) is 19.0. The molecule has 4 rings (SSSR count). The smallest absolute Gasteiger partial charge is 0.123 e. The van der Waals surface area contributed by atoms with Crippen molar-refractivity contribution >= 4 is 16.6 Å². The Morgan fingerprint density at radius 2 is 1.90 bits per heavy atom. The molecule has 0 bridgehead atoms. The van der Waals surface area contributed by atoms with Gasteiger partial charge in [0.1, 0.15) is 11.6 Å². The fourth-order valence-corrected chi connectivity index (χ4v) is 3.39. The molecule has 0 radical (unpaired) electrons. The predicted octanol–water partition coefficient (Wildman–Crippen LogP) is 5.46. The first-order valence-corrected chi connectivity index (χ1v) is 9.82. The average Bonchev–Trinajstić information content (AvgIpc) is 3.18. The molecule has 4 aromatic rings. The Morgan fingerprint density at radius 1 is 1.03 bits per heavy atom. The molecule has 0 fully saturated rings. The number of ether oxygens (including phenoxy) is 1. The zero-order chi connectivity index (χ0) is 20.1. The van der Waals surface area contributed by atoms with Crippen LogP contribution < -0.4 is 9.64 Å². The van der Waals surface area contributed by atoms with Gasteiger partial charge in [-0.25, -0.2) is 4.39 Å². The van der Waals surface area contributed by atoms with E-state index in [-0.39, 0.29) is 5.82 Å². The standard InChI is InChI=1S/C24H24FN3O/c1-27(22-5-4-13-26-18-22)14-2-3-16-29-23-10-11-24-19(17-23)12-15-28(24)21-8-6-20(25)7-9-21/h4-13,15,17-18H,2-3,14,16H2,1H3. The molecule has 2 aromatic carbocycles. The summed E-state index contributed by atoms with van der Waals surface area (Å²) in [7, 11) is 2.08. The van der Waals surface area contributed by atoms with E-state index >= 15 is 0 Å². The van der Waals surface area contributed by atoms with E-state index in [1.165, 1.54) is 12.1 Å². The van der Waals surface area contributed by atoms with Crippen LogP contribution in [-0.2, 0) is 0 Å². The predicted molar refractivity (Wildman–Crippen MR) is 115 cm³/mol. The Kier molecular flexibility index (Phi) is 5.75. The summed E-state index contributed by atoms with van der Waals surface area (Å²) in [5.41, 5.74) is 3.14. The fraction of sp³-hybridized carbons (Fsp3) is 0.208. The largest absolute Gasteiger partial charge is 0.494 e. The number of nitrogens with zero attached hydrogens (tertiary/aromatic N) is 3. The summed E-state index contributed by atoms with van der Waals surface area (Å²) >= 11 is 0. The maximum atomic E-state index is 13.2. The van der Waals surface area contributed by atoms with Gasteiger partial charge in [-0.3, -0.25) is 4.98 Å². The van der Waals surface area contributed by atoms with E-state index in [0.717, 1.165) is 47.4 Å². The number of pyridine rings is 1. The van der Waals surface area contributed by atoms with Crippen LogP contribution in [0.15, 0.2) is 79.3 Å². The minimum Gasteiger partial charge on any atom is -0.494 e. The lowest BCUT2D eigenvalue weighted by Gasteiger charge is -2.18. The van der Waals surface area contributed by atoms with Gasteiger partial charge in [-0.15, -0.1) is 0 Å². The van der Waals surface area contributed by atoms with Crippen molar-refractivity contribution in [3.8, 4) is 11.4 Å². The van der Waals surface area contributed by atoms with Crippen molar-refractivity contribution in [3.63, 3.8) is 0 Å². The molecule has 0 aliphatic heterocycles. The molecule has 0 spiro atoms. The molecule has 0 aliphatic carbocycles. The SMILES string of the molecule is CN(CCCCOc1ccc2c(ccn2-c2ccc(F)cc2)c1)c1cccnc1. The van der Waals surface area contributed by atoms with Crippen LogP contribution in [0.4, 0.5) is 10.1 Å². The Labute approximate surface area is 170 Å². The van der Waals surface area contributed by atoms with Gasteiger partial charge in [-0.2, -0.15) is 0 Å². The van der Waals surface area contributed by atoms with Crippen molar-refractivity contribution < 1.29 is 9.13 Å². The topological polar surface area (TPSA) is 30.3 Å². The summed E-state index contributed by atoms with van der Waals surface area (Å²) in [5, 5.41) is 1.10. The number of aromatic nitrogens is 2. The van der Waals surface area contributed by atoms with Crippen molar-refractivity contribution in [3.05, 3.63) is 85.1 Å². The highest BCUT2D eigenvalue weighted by Gasteiger charge is 2.06. The number of rotatable bonds is 8. The monoisotopic (exact) mass is 389 g/mol. The second kappa shape index (κ2) is 8.78. The van der Waals surface area contributed by atoms with Crippen LogP contribution in [0, 0.1) is 5.82 Å². The third kappa shape index (κ3) is 4.57. The second-order valence-corrected chi connectivity index (χ2v) is 7.07. The van der Waals surface area contributed by atoms with E-state index in [0.29, 0.717) is 6.61 Å². The number of benzene rings is 2. The number of halogens is 1. The molecule has 2 heterocycles. The third-order valence-electron chi connectivity index (χ3n) is 5.01. The van der Waals surface area contributed by atoms with Crippen molar-refractivity contribution in [2.45, 2.75) is 12.8 Å². The lowest BCUT2D eigenvalue weighted by molar-refractivity contribution is 0.308. The lowest BCUT2D eigenvalue weighted by Crippen LogP contribution is -2.19. The van der Waals surface area contributed by atoms with Gasteiger partial charge in [-0.1, -0.05) is 0 Å². The number of anilines is 1. The second-order valence-electron chi connectivity index (χ2n) is 7.07. The average molecular weight is 389 g/mol. The first-order chi connectivity index (χ1) is 14.2. The maximum Gasteiger partial charge on any atom is 0.123 e. The van der Waals surface area contributed by atoms with Gasteiger partial charge in [0.25, 0.3) is 0 Å². The highest BCUT2D eigenvalue weighted by atomic mass is 19.1. The van der Waals surface area contributed by atoms with Gasteiger partial charge in [0.15, 0.2) is 0 Å². The minimum atomic E-state index is -0.229. The fourth-order valence-electron chi connectivity index (χ4n) is 3.39. The van der Waals surface area contributed by atoms with E-state index in [1.807, 2.05) is 35.2 Å². The zero-order valence-electron chi connectivity index (χ0n) is 16.5. The Balaban J connectivity index is 1.31. The molecule has 0 amide bonds. The van der Waals surface area contributed by atoms with Gasteiger partial charge in [0, 0.05) is 37.1 Å². The van der Waals surface area contributed by atoms with Crippen LogP contribution in [0.1, 0.15) is 12.8 Å². The molecule has 148 valence electrons. The van der Waals surface area contributed by atoms with Crippen molar-refractivity contribution in [1.29, 1.82) is 0 Å². The molecule has 0 saturated heterocycles. The summed E-state index contributed by atoms with van der Waals surface area (Å²) in [5.74, 6) is 0.641. The van der Waals surface area contributed by atoms with E-state index < -0.39 is 0 Å². The summed E-state index contributed by atoms with van der Waals surface area (Å²) < 4.78 is 21.2. The summed E-state index contributed by atoms with van der Waals surface area (Å²) in [6, 6.07) is 18.7. The van der Waals surface area contributed by atoms with Crippen molar-refractivity contribution in [2.24, 2.45) is 0 Å². The molecule has 0 aliphatic rings. The van der Waals surface area contributed by atoms with Gasteiger partial charge in [0.2, 0.25) is 0 Å². The summed E-state index contributed by atoms with van der Waals surface area (Å²) in [4.78, 5) is 6.36. The van der Waals surface area contributed by atoms with Gasteiger partial charge < -0.3 is 14.2 Å². The van der Waals surface area contributed by atoms with Crippen molar-refractivity contribution in [1.82, 2.24) is 9.55 Å². The highest BCUT2D eigenvalue weighted by molar-refractivity contribution is 5.83. The number of fused-ring (bicyclic) bond motifs is 1. The van der Waals surface area contributed by atoms with Gasteiger partial charge in [0.05, 0.1) is 24.0 Å². The molecule has 0 N–H and O–H groups in total. The highest BCUT2D eigenvalue weighted by Crippen LogP contribution is 2.25. The quantitative estimate of drug-likeness (QED) is 0.375. The van der Waals surface area contributed by atoms with Gasteiger partial charge in [-0.05, 0) is 73.5 Å². The van der Waals surface area contributed by atoms with Crippen LogP contribution in [0.3, 0.4) is 0 Å². The van der Waals surface area contributed by atoms with E-state index in [1.54, 1.807) is 18.3 Å². The third-order valence-corrected chi connectivity index (χ3v) is 5.01. The van der Waals surface area contributed by atoms with E-state index in [9.17, 15) is 4.39 Å². The first-order valence-electron chi connectivity index (χ1n) is 9.82. The summed E-state index contributed by atoms with van der Waals surface area (Å²) in [6.45, 7) is 1.65. The van der Waals surface area contributed by atoms with Crippen molar-refractivity contribution in [2.75, 3.05) is 25.1 Å². The van der Waals surface area contributed by atoms with Gasteiger partial charge >= 0.3 is 0 Å². The molecule has 0 saturated carbocycles. The number of hydrogen-bond donors (Lipinski definition) is 0. The molecule has 2 aromatic heterocycles. The van der Waals surface area contributed by atoms with E-state index in [4.69, 9.17) is 4.74 Å². The maximum absolute atomic E-state index is 13.2. The number of hydrogen-bond acceptors (Lipinski definition) is 3. The van der Waals surface area contributed by atoms with E-state index in [2.05, 4.69) is 35.1 Å². The molecule has 29 heavy (non-hydrogen) atoms. The zero-order valence-corrected chi connectivity index (χ0v) is 16.5. The molecular formula is C24H24FN3O. The normalized spacial score (nSPS) is 11.0. The number of unbranched alkanes of at least 4 members (excludes halogenated alkanes) is 1.